The van der Waals surface area contributed by atoms with Crippen molar-refractivity contribution in [3.8, 4) is 5.75 Å². The third-order valence-electron chi connectivity index (χ3n) is 7.81. The molecule has 0 radical (unpaired) electrons. The van der Waals surface area contributed by atoms with E-state index < -0.39 is 0 Å². The molecule has 0 spiro atoms. The van der Waals surface area contributed by atoms with E-state index in [-0.39, 0.29) is 0 Å². The minimum atomic E-state index is 0.683. The topological polar surface area (TPSA) is 13.7 Å². The van der Waals surface area contributed by atoms with Crippen LogP contribution in [0.3, 0.4) is 0 Å². The highest BCUT2D eigenvalue weighted by atomic mass is 35.5. The Labute approximate surface area is 156 Å². The van der Waals surface area contributed by atoms with Crippen LogP contribution in [0, 0.1) is 37.0 Å². The Hall–Kier alpha value is -0.730. The van der Waals surface area contributed by atoms with E-state index >= 15 is 0 Å². The number of hydrogen-bond donors (Lipinski definition) is 1. The van der Waals surface area contributed by atoms with E-state index in [2.05, 4.69) is 19.9 Å². The van der Waals surface area contributed by atoms with E-state index in [4.69, 9.17) is 16.3 Å². The maximum Gasteiger partial charge on any atom is 0.222 e. The number of aryl methyl sites for hydroxylation is 1. The Bertz CT molecular complexity index is 662. The summed E-state index contributed by atoms with van der Waals surface area (Å²) in [6, 6.07) is 2.13. The van der Waals surface area contributed by atoms with Gasteiger partial charge in [0.1, 0.15) is 12.3 Å². The first-order chi connectivity index (χ1) is 12.0. The number of halogens is 1. The van der Waals surface area contributed by atoms with Gasteiger partial charge in [-0.25, -0.2) is 0 Å². The molecule has 1 aliphatic heterocycles. The van der Waals surface area contributed by atoms with Gasteiger partial charge in [-0.15, -0.1) is 0 Å². The van der Waals surface area contributed by atoms with Crippen molar-refractivity contribution in [2.75, 3.05) is 13.3 Å². The smallest absolute Gasteiger partial charge is 0.222 e. The van der Waals surface area contributed by atoms with Gasteiger partial charge in [0.2, 0.25) is 6.73 Å². The lowest BCUT2D eigenvalue weighted by Gasteiger charge is -2.57. The normalized spacial score (nSPS) is 38.5. The number of hydrogen-bond acceptors (Lipinski definition) is 1. The van der Waals surface area contributed by atoms with E-state index in [1.807, 2.05) is 0 Å². The summed E-state index contributed by atoms with van der Waals surface area (Å²) in [7, 11) is 0. The Morgan fingerprint density at radius 1 is 1.12 bits per heavy atom. The summed E-state index contributed by atoms with van der Waals surface area (Å²) in [4.78, 5) is 1.59. The maximum absolute atomic E-state index is 6.49. The summed E-state index contributed by atoms with van der Waals surface area (Å²) in [5.41, 5.74) is 4.38. The van der Waals surface area contributed by atoms with Gasteiger partial charge in [0, 0.05) is 11.4 Å². The molecule has 4 bridgehead atoms. The Kier molecular flexibility index (Phi) is 3.87. The quantitative estimate of drug-likeness (QED) is 0.848. The molecule has 136 valence electrons. The molecule has 6 rings (SSSR count). The first kappa shape index (κ1) is 16.4. The van der Waals surface area contributed by atoms with Gasteiger partial charge in [-0.05, 0) is 92.7 Å². The molecule has 4 fully saturated rings. The lowest BCUT2D eigenvalue weighted by molar-refractivity contribution is -0.933. The van der Waals surface area contributed by atoms with Crippen molar-refractivity contribution in [2.24, 2.45) is 23.2 Å². The number of fused-ring (bicyclic) bond motifs is 1. The molecule has 2 nitrogen and oxygen atoms in total. The van der Waals surface area contributed by atoms with Gasteiger partial charge in [0.15, 0.2) is 0 Å². The molecule has 0 saturated heterocycles. The van der Waals surface area contributed by atoms with Crippen LogP contribution in [0.15, 0.2) is 6.07 Å². The number of benzene rings is 1. The molecular formula is C22H31ClNO+. The SMILES string of the molecule is Cc1cc2c(c(C)c1Cl)C[NH+](CCC13CC4CC(CC(C4)C1)C3)CO2. The van der Waals surface area contributed by atoms with Crippen molar-refractivity contribution in [3.63, 3.8) is 0 Å². The molecule has 1 heterocycles. The first-order valence-electron chi connectivity index (χ1n) is 10.3. The highest BCUT2D eigenvalue weighted by molar-refractivity contribution is 6.32. The summed E-state index contributed by atoms with van der Waals surface area (Å²) in [6.07, 6.45) is 10.6. The van der Waals surface area contributed by atoms with Gasteiger partial charge in [0.25, 0.3) is 0 Å². The van der Waals surface area contributed by atoms with Crippen molar-refractivity contribution in [3.05, 3.63) is 27.8 Å². The van der Waals surface area contributed by atoms with E-state index in [1.165, 1.54) is 43.4 Å². The molecule has 0 aromatic heterocycles. The first-order valence-corrected chi connectivity index (χ1v) is 10.6. The second-order valence-electron chi connectivity index (χ2n) is 9.74. The summed E-state index contributed by atoms with van der Waals surface area (Å²) < 4.78 is 6.13. The standard InChI is InChI=1S/C22H30ClNO/c1-14-5-20-19(15(2)21(14)23)12-24(13-25-20)4-3-22-9-16-6-17(10-22)8-18(7-16)11-22/h5,16-18H,3-4,6-13H2,1-2H3/p+1. The Morgan fingerprint density at radius 2 is 1.76 bits per heavy atom. The van der Waals surface area contributed by atoms with E-state index in [1.54, 1.807) is 24.2 Å². The Balaban J connectivity index is 1.28. The molecule has 1 aromatic rings. The fourth-order valence-corrected chi connectivity index (χ4v) is 7.16. The second-order valence-corrected chi connectivity index (χ2v) is 10.1. The van der Waals surface area contributed by atoms with Crippen LogP contribution >= 0.6 is 11.6 Å². The van der Waals surface area contributed by atoms with Gasteiger partial charge in [0.05, 0.1) is 12.1 Å². The summed E-state index contributed by atoms with van der Waals surface area (Å²) in [5.74, 6) is 4.24. The Morgan fingerprint density at radius 3 is 2.40 bits per heavy atom. The number of quaternary nitrogens is 1. The van der Waals surface area contributed by atoms with Crippen molar-refractivity contribution >= 4 is 11.6 Å². The summed E-state index contributed by atoms with van der Waals surface area (Å²) >= 11 is 6.49. The van der Waals surface area contributed by atoms with Gasteiger partial charge in [-0.2, -0.15) is 0 Å². The fraction of sp³-hybridized carbons (Fsp3) is 0.727. The van der Waals surface area contributed by atoms with Crippen molar-refractivity contribution < 1.29 is 9.64 Å². The molecule has 1 aromatic carbocycles. The molecule has 5 aliphatic rings. The van der Waals surface area contributed by atoms with E-state index in [0.29, 0.717) is 5.41 Å². The lowest BCUT2D eigenvalue weighted by atomic mass is 9.49. The molecule has 4 saturated carbocycles. The minimum absolute atomic E-state index is 0.683. The van der Waals surface area contributed by atoms with Gasteiger partial charge < -0.3 is 4.74 Å². The summed E-state index contributed by atoms with van der Waals surface area (Å²) in [5, 5.41) is 0.921. The highest BCUT2D eigenvalue weighted by Crippen LogP contribution is 2.61. The summed E-state index contributed by atoms with van der Waals surface area (Å²) in [6.45, 7) is 7.38. The predicted octanol–water partition coefficient (Wildman–Crippen LogP) is 4.30. The molecule has 25 heavy (non-hydrogen) atoms. The zero-order valence-corrected chi connectivity index (χ0v) is 16.4. The van der Waals surface area contributed by atoms with Gasteiger partial charge in [-0.1, -0.05) is 11.6 Å². The zero-order chi connectivity index (χ0) is 17.2. The fourth-order valence-electron chi connectivity index (χ4n) is 6.99. The van der Waals surface area contributed by atoms with Crippen LogP contribution in [-0.2, 0) is 6.54 Å². The highest BCUT2D eigenvalue weighted by Gasteiger charge is 2.50. The number of nitrogens with one attached hydrogen (secondary N) is 1. The maximum atomic E-state index is 6.49. The minimum Gasteiger partial charge on any atom is -0.445 e. The molecule has 3 heteroatoms. The van der Waals surface area contributed by atoms with Crippen LogP contribution in [0.4, 0.5) is 0 Å². The number of ether oxygens (including phenoxy) is 1. The molecule has 0 amide bonds. The van der Waals surface area contributed by atoms with Crippen molar-refractivity contribution in [1.82, 2.24) is 0 Å². The third-order valence-corrected chi connectivity index (χ3v) is 8.39. The lowest BCUT2D eigenvalue weighted by Crippen LogP contribution is -3.12. The van der Waals surface area contributed by atoms with Crippen LogP contribution in [0.2, 0.25) is 5.02 Å². The molecule has 1 unspecified atom stereocenters. The van der Waals surface area contributed by atoms with Crippen LogP contribution < -0.4 is 9.64 Å². The molecule has 1 atom stereocenters. The average Bonchev–Trinajstić information content (AvgIpc) is 2.57. The third kappa shape index (κ3) is 2.80. The van der Waals surface area contributed by atoms with Crippen LogP contribution in [0.1, 0.15) is 61.6 Å². The van der Waals surface area contributed by atoms with Gasteiger partial charge in [-0.3, -0.25) is 4.90 Å². The van der Waals surface area contributed by atoms with E-state index in [0.717, 1.165) is 47.4 Å². The average molecular weight is 361 g/mol. The van der Waals surface area contributed by atoms with Crippen LogP contribution in [-0.4, -0.2) is 13.3 Å². The molecular weight excluding hydrogens is 330 g/mol. The number of rotatable bonds is 3. The molecule has 1 N–H and O–H groups in total. The van der Waals surface area contributed by atoms with Gasteiger partial charge >= 0.3 is 0 Å². The van der Waals surface area contributed by atoms with E-state index in [9.17, 15) is 0 Å². The molecule has 4 aliphatic carbocycles. The van der Waals surface area contributed by atoms with Crippen molar-refractivity contribution in [1.29, 1.82) is 0 Å². The monoisotopic (exact) mass is 360 g/mol. The van der Waals surface area contributed by atoms with Crippen LogP contribution in [0.25, 0.3) is 0 Å². The largest absolute Gasteiger partial charge is 0.445 e. The van der Waals surface area contributed by atoms with Crippen molar-refractivity contribution in [2.45, 2.75) is 65.3 Å². The second kappa shape index (κ2) is 5.89. The zero-order valence-electron chi connectivity index (χ0n) is 15.7. The predicted molar refractivity (Wildman–Crippen MR) is 101 cm³/mol. The van der Waals surface area contributed by atoms with Crippen LogP contribution in [0.5, 0.6) is 5.75 Å².